The number of nitrogens with two attached hydrogens (primary N) is 1. The predicted octanol–water partition coefficient (Wildman–Crippen LogP) is 2.64. The summed E-state index contributed by atoms with van der Waals surface area (Å²) in [5, 5.41) is 3.70. The molecule has 0 radical (unpaired) electrons. The van der Waals surface area contributed by atoms with Crippen LogP contribution in [0.25, 0.3) is 0 Å². The van der Waals surface area contributed by atoms with Crippen LogP contribution in [0.3, 0.4) is 0 Å². The molecule has 1 aromatic rings. The number of guanidine groups is 1. The van der Waals surface area contributed by atoms with Crippen LogP contribution in [0.5, 0.6) is 5.75 Å². The predicted molar refractivity (Wildman–Crippen MR) is 148 cm³/mol. The minimum absolute atomic E-state index is 0.0870. The van der Waals surface area contributed by atoms with Gasteiger partial charge < -0.3 is 25.4 Å². The molecule has 3 N–H and O–H groups in total. The van der Waals surface area contributed by atoms with E-state index in [0.29, 0.717) is 42.0 Å². The van der Waals surface area contributed by atoms with E-state index in [1.165, 1.54) is 21.3 Å². The molecule has 2 atom stereocenters. The SMILES string of the molecule is COc1cc(C)c(S(=O)(=O)N=C(N)N2CCC[C@@H](C[C@H](NC(=O)OC(C)(C)C)C(=O)N(C)OC)C2)c(C)c1C. The summed E-state index contributed by atoms with van der Waals surface area (Å²) in [6.07, 6.45) is 1.01. The summed E-state index contributed by atoms with van der Waals surface area (Å²) in [7, 11) is 0.245. The van der Waals surface area contributed by atoms with E-state index in [-0.39, 0.29) is 23.2 Å². The van der Waals surface area contributed by atoms with Crippen molar-refractivity contribution >= 4 is 28.0 Å². The minimum atomic E-state index is -4.10. The van der Waals surface area contributed by atoms with E-state index in [2.05, 4.69) is 9.71 Å². The Kier molecular flexibility index (Phi) is 10.6. The number of aryl methyl sites for hydroxylation is 1. The van der Waals surface area contributed by atoms with E-state index in [9.17, 15) is 18.0 Å². The second kappa shape index (κ2) is 12.9. The Morgan fingerprint density at radius 1 is 1.23 bits per heavy atom. The van der Waals surface area contributed by atoms with Crippen molar-refractivity contribution in [1.82, 2.24) is 15.3 Å². The van der Waals surface area contributed by atoms with E-state index in [4.69, 9.17) is 20.0 Å². The van der Waals surface area contributed by atoms with Gasteiger partial charge in [0.15, 0.2) is 0 Å². The fraction of sp³-hybridized carbons (Fsp3) is 0.654. The second-order valence-electron chi connectivity index (χ2n) is 10.8. The maximum Gasteiger partial charge on any atom is 0.408 e. The zero-order valence-electron chi connectivity index (χ0n) is 24.5. The third-order valence-electron chi connectivity index (χ3n) is 6.66. The summed E-state index contributed by atoms with van der Waals surface area (Å²) in [4.78, 5) is 32.2. The highest BCUT2D eigenvalue weighted by molar-refractivity contribution is 7.90. The maximum absolute atomic E-state index is 13.3. The number of nitrogens with one attached hydrogen (secondary N) is 1. The number of amides is 2. The molecule has 12 nitrogen and oxygen atoms in total. The summed E-state index contributed by atoms with van der Waals surface area (Å²) in [6, 6.07) is 0.758. The molecule has 1 aliphatic rings. The molecule has 1 aromatic carbocycles. The van der Waals surface area contributed by atoms with Crippen LogP contribution in [0, 0.1) is 26.7 Å². The Balaban J connectivity index is 2.26. The van der Waals surface area contributed by atoms with E-state index in [1.807, 2.05) is 0 Å². The highest BCUT2D eigenvalue weighted by atomic mass is 32.2. The van der Waals surface area contributed by atoms with Gasteiger partial charge in [-0.3, -0.25) is 9.63 Å². The lowest BCUT2D eigenvalue weighted by atomic mass is 9.91. The first kappa shape index (κ1) is 32.2. The molecular formula is C26H43N5O7S. The van der Waals surface area contributed by atoms with Gasteiger partial charge in [-0.2, -0.15) is 8.42 Å². The van der Waals surface area contributed by atoms with Gasteiger partial charge in [0.2, 0.25) is 5.96 Å². The monoisotopic (exact) mass is 569 g/mol. The van der Waals surface area contributed by atoms with Crippen molar-refractivity contribution in [3.63, 3.8) is 0 Å². The molecule has 0 aliphatic carbocycles. The molecule has 220 valence electrons. The van der Waals surface area contributed by atoms with Crippen LogP contribution < -0.4 is 15.8 Å². The molecule has 0 bridgehead atoms. The fourth-order valence-corrected chi connectivity index (χ4v) is 6.10. The van der Waals surface area contributed by atoms with Crippen molar-refractivity contribution in [3.8, 4) is 5.75 Å². The van der Waals surface area contributed by atoms with Gasteiger partial charge in [-0.1, -0.05) is 0 Å². The van der Waals surface area contributed by atoms with Crippen molar-refractivity contribution in [1.29, 1.82) is 0 Å². The number of ether oxygens (including phenoxy) is 2. The number of methoxy groups -OCH3 is 1. The Hall–Kier alpha value is -3.06. The summed E-state index contributed by atoms with van der Waals surface area (Å²) < 4.78 is 41.3. The van der Waals surface area contributed by atoms with Crippen LogP contribution in [0.4, 0.5) is 4.79 Å². The Morgan fingerprint density at radius 2 is 1.87 bits per heavy atom. The topological polar surface area (TPSA) is 153 Å². The third-order valence-corrected chi connectivity index (χ3v) is 8.23. The Bertz CT molecular complexity index is 1190. The van der Waals surface area contributed by atoms with Gasteiger partial charge in [0.25, 0.3) is 15.9 Å². The van der Waals surface area contributed by atoms with Crippen molar-refractivity contribution in [3.05, 3.63) is 22.8 Å². The number of hydroxylamine groups is 2. The molecule has 1 heterocycles. The molecule has 0 unspecified atom stereocenters. The molecule has 13 heteroatoms. The van der Waals surface area contributed by atoms with Crippen LogP contribution in [0.1, 0.15) is 56.7 Å². The van der Waals surface area contributed by atoms with Gasteiger partial charge in [-0.05, 0) is 89.5 Å². The fourth-order valence-electron chi connectivity index (χ4n) is 4.64. The smallest absolute Gasteiger partial charge is 0.408 e. The van der Waals surface area contributed by atoms with E-state index in [1.54, 1.807) is 52.5 Å². The Labute approximate surface area is 231 Å². The zero-order chi connectivity index (χ0) is 29.7. The first-order valence-electron chi connectivity index (χ1n) is 12.8. The first-order valence-corrected chi connectivity index (χ1v) is 14.3. The van der Waals surface area contributed by atoms with Gasteiger partial charge in [-0.25, -0.2) is 9.86 Å². The van der Waals surface area contributed by atoms with Gasteiger partial charge in [0.05, 0.1) is 19.1 Å². The number of carbonyl (C=O) groups is 2. The van der Waals surface area contributed by atoms with Crippen molar-refractivity contribution in [2.75, 3.05) is 34.4 Å². The van der Waals surface area contributed by atoms with Gasteiger partial charge in [0.1, 0.15) is 17.4 Å². The number of rotatable bonds is 8. The molecule has 2 rings (SSSR count). The largest absolute Gasteiger partial charge is 0.496 e. The van der Waals surface area contributed by atoms with E-state index < -0.39 is 33.7 Å². The molecule has 0 spiro atoms. The van der Waals surface area contributed by atoms with Gasteiger partial charge in [0, 0.05) is 20.1 Å². The van der Waals surface area contributed by atoms with Crippen LogP contribution in [0.2, 0.25) is 0 Å². The number of piperidine rings is 1. The number of hydrogen-bond acceptors (Lipinski definition) is 7. The van der Waals surface area contributed by atoms with Crippen molar-refractivity contribution in [2.45, 2.75) is 77.3 Å². The summed E-state index contributed by atoms with van der Waals surface area (Å²) in [6.45, 7) is 11.3. The quantitative estimate of drug-likeness (QED) is 0.273. The van der Waals surface area contributed by atoms with Crippen LogP contribution in [0.15, 0.2) is 15.4 Å². The lowest BCUT2D eigenvalue weighted by Crippen LogP contribution is -2.51. The summed E-state index contributed by atoms with van der Waals surface area (Å²) in [5.74, 6) is -0.0477. The average Bonchev–Trinajstić information content (AvgIpc) is 2.83. The molecule has 0 saturated carbocycles. The van der Waals surface area contributed by atoms with Crippen molar-refractivity contribution in [2.24, 2.45) is 16.0 Å². The number of nitrogens with zero attached hydrogens (tertiary/aromatic N) is 3. The lowest BCUT2D eigenvalue weighted by molar-refractivity contribution is -0.171. The molecule has 1 aliphatic heterocycles. The second-order valence-corrected chi connectivity index (χ2v) is 12.3. The number of likely N-dealkylation sites (tertiary alicyclic amines) is 1. The summed E-state index contributed by atoms with van der Waals surface area (Å²) >= 11 is 0. The standard InChI is InChI=1S/C26H43N5O7S/c1-16-13-21(36-8)17(2)18(3)22(16)39(34,35)29-24(27)31-12-10-11-19(15-31)14-20(23(32)30(7)37-9)28-25(33)38-26(4,5)6/h13,19-20H,10-12,14-15H2,1-9H3,(H2,27,29)(H,28,33)/t19-,20-/m0/s1. The minimum Gasteiger partial charge on any atom is -0.496 e. The van der Waals surface area contributed by atoms with Crippen LogP contribution in [-0.2, 0) is 24.4 Å². The van der Waals surface area contributed by atoms with E-state index in [0.717, 1.165) is 11.5 Å². The molecule has 1 fully saturated rings. The van der Waals surface area contributed by atoms with Crippen LogP contribution in [-0.4, -0.2) is 82.3 Å². The lowest BCUT2D eigenvalue weighted by Gasteiger charge is -2.35. The van der Waals surface area contributed by atoms with Gasteiger partial charge in [-0.15, -0.1) is 4.40 Å². The molecule has 0 aromatic heterocycles. The number of carbonyl (C=O) groups excluding carboxylic acids is 2. The van der Waals surface area contributed by atoms with E-state index >= 15 is 0 Å². The molecule has 39 heavy (non-hydrogen) atoms. The first-order chi connectivity index (χ1) is 18.0. The number of benzene rings is 1. The Morgan fingerprint density at radius 3 is 2.44 bits per heavy atom. The number of alkyl carbamates (subject to hydrolysis) is 1. The highest BCUT2D eigenvalue weighted by Gasteiger charge is 2.32. The summed E-state index contributed by atoms with van der Waals surface area (Å²) in [5.41, 5.74) is 7.27. The molecular weight excluding hydrogens is 526 g/mol. The molecule has 2 amide bonds. The van der Waals surface area contributed by atoms with Crippen LogP contribution >= 0.6 is 0 Å². The maximum atomic E-state index is 13.3. The average molecular weight is 570 g/mol. The molecule has 1 saturated heterocycles. The third kappa shape index (κ3) is 8.46. The number of hydrogen-bond donors (Lipinski definition) is 2. The van der Waals surface area contributed by atoms with Gasteiger partial charge >= 0.3 is 6.09 Å². The highest BCUT2D eigenvalue weighted by Crippen LogP contribution is 2.32. The number of sulfonamides is 1. The number of likely N-dealkylation sites (N-methyl/N-ethyl adjacent to an activating group) is 1. The normalized spacial score (nSPS) is 17.4. The van der Waals surface area contributed by atoms with Crippen molar-refractivity contribution < 1.29 is 32.3 Å². The zero-order valence-corrected chi connectivity index (χ0v) is 25.3.